The first-order chi connectivity index (χ1) is 13.2. The summed E-state index contributed by atoms with van der Waals surface area (Å²) in [5.41, 5.74) is 2.83. The van der Waals surface area contributed by atoms with E-state index in [9.17, 15) is 4.79 Å². The van der Waals surface area contributed by atoms with Crippen LogP contribution in [0.4, 0.5) is 5.69 Å². The second-order valence-corrected chi connectivity index (χ2v) is 4.62. The van der Waals surface area contributed by atoms with E-state index in [1.807, 2.05) is 27.7 Å². The number of fused-ring (bicyclic) bond motifs is 1. The number of anilines is 1. The topological polar surface area (TPSA) is 88.0 Å². The predicted octanol–water partition coefficient (Wildman–Crippen LogP) is 4.51. The fraction of sp³-hybridized carbons (Fsp3) is 0.200. The second kappa shape index (κ2) is 11.2. The van der Waals surface area contributed by atoms with E-state index >= 15 is 0 Å². The average molecular weight is 366 g/mol. The van der Waals surface area contributed by atoms with Gasteiger partial charge in [0.2, 0.25) is 0 Å². The van der Waals surface area contributed by atoms with Crippen LogP contribution < -0.4 is 5.32 Å². The van der Waals surface area contributed by atoms with Crippen LogP contribution in [0.3, 0.4) is 0 Å². The van der Waals surface area contributed by atoms with Crippen molar-refractivity contribution >= 4 is 22.8 Å². The van der Waals surface area contributed by atoms with Crippen molar-refractivity contribution in [2.75, 3.05) is 5.32 Å². The first-order valence-corrected chi connectivity index (χ1v) is 8.83. The van der Waals surface area contributed by atoms with Crippen LogP contribution in [-0.2, 0) is 0 Å². The SMILES string of the molecule is C=C/C=C(\C=C)c1[nH]ncc1NC(=O)c1cnn2cccnc12.CC.CC. The van der Waals surface area contributed by atoms with Gasteiger partial charge in [-0.1, -0.05) is 59.1 Å². The maximum Gasteiger partial charge on any atom is 0.261 e. The first-order valence-electron chi connectivity index (χ1n) is 8.83. The Bertz CT molecular complexity index is 919. The molecule has 2 N–H and O–H groups in total. The minimum absolute atomic E-state index is 0.316. The number of hydrogen-bond donors (Lipinski definition) is 2. The number of H-pyrrole nitrogens is 1. The van der Waals surface area contributed by atoms with Gasteiger partial charge in [0.1, 0.15) is 5.56 Å². The lowest BCUT2D eigenvalue weighted by molar-refractivity contribution is 0.102. The maximum absolute atomic E-state index is 12.5. The van der Waals surface area contributed by atoms with Gasteiger partial charge in [-0.25, -0.2) is 9.50 Å². The Morgan fingerprint density at radius 1 is 1.22 bits per heavy atom. The van der Waals surface area contributed by atoms with Gasteiger partial charge in [0, 0.05) is 18.0 Å². The number of carbonyl (C=O) groups is 1. The Morgan fingerprint density at radius 3 is 2.63 bits per heavy atom. The third-order valence-corrected chi connectivity index (χ3v) is 3.22. The molecule has 3 aromatic rings. The molecular weight excluding hydrogens is 340 g/mol. The van der Waals surface area contributed by atoms with E-state index < -0.39 is 0 Å². The van der Waals surface area contributed by atoms with E-state index in [1.54, 1.807) is 36.7 Å². The second-order valence-electron chi connectivity index (χ2n) is 4.62. The molecule has 0 aliphatic carbocycles. The van der Waals surface area contributed by atoms with Crippen LogP contribution in [0.5, 0.6) is 0 Å². The molecule has 0 spiro atoms. The molecule has 0 radical (unpaired) electrons. The molecule has 3 aromatic heterocycles. The summed E-state index contributed by atoms with van der Waals surface area (Å²) in [7, 11) is 0. The van der Waals surface area contributed by atoms with E-state index in [-0.39, 0.29) is 5.91 Å². The summed E-state index contributed by atoms with van der Waals surface area (Å²) in [6.07, 6.45) is 11.4. The predicted molar refractivity (Wildman–Crippen MR) is 111 cm³/mol. The molecule has 0 aliphatic rings. The lowest BCUT2D eigenvalue weighted by Gasteiger charge is -2.05. The summed E-state index contributed by atoms with van der Waals surface area (Å²) in [6, 6.07) is 1.74. The number of carbonyl (C=O) groups excluding carboxylic acids is 1. The van der Waals surface area contributed by atoms with E-state index in [4.69, 9.17) is 0 Å². The Hall–Kier alpha value is -3.48. The summed E-state index contributed by atoms with van der Waals surface area (Å²) in [4.78, 5) is 16.7. The highest BCUT2D eigenvalue weighted by Gasteiger charge is 2.16. The largest absolute Gasteiger partial charge is 0.319 e. The molecule has 1 amide bonds. The maximum atomic E-state index is 12.5. The standard InChI is InChI=1S/C16H14N6O.2C2H6/c1-3-6-11(4-2)14-13(10-18-21-14)20-16(23)12-9-19-22-8-5-7-17-15(12)22;2*1-2/h3-10H,1-2H2,(H,18,21)(H,20,23);2*1-2H3/b11-6+;;. The molecule has 0 unspecified atom stereocenters. The van der Waals surface area contributed by atoms with Gasteiger partial charge in [-0.15, -0.1) is 0 Å². The molecular formula is C20H26N6O. The number of aromatic nitrogens is 5. The number of aromatic amines is 1. The number of amides is 1. The minimum Gasteiger partial charge on any atom is -0.319 e. The first kappa shape index (κ1) is 21.6. The Labute approximate surface area is 159 Å². The van der Waals surface area contributed by atoms with E-state index in [2.05, 4.69) is 38.8 Å². The van der Waals surface area contributed by atoms with Crippen molar-refractivity contribution in [3.63, 3.8) is 0 Å². The molecule has 0 fully saturated rings. The Kier molecular flexibility index (Phi) is 8.94. The number of allylic oxidation sites excluding steroid dienone is 4. The molecule has 0 bridgehead atoms. The zero-order chi connectivity index (χ0) is 20.2. The van der Waals surface area contributed by atoms with Gasteiger partial charge >= 0.3 is 0 Å². The molecule has 7 heteroatoms. The van der Waals surface area contributed by atoms with Crippen molar-refractivity contribution in [2.24, 2.45) is 0 Å². The van der Waals surface area contributed by atoms with Crippen LogP contribution in [0, 0.1) is 0 Å². The van der Waals surface area contributed by atoms with Gasteiger partial charge in [-0.05, 0) is 6.07 Å². The number of nitrogens with one attached hydrogen (secondary N) is 2. The van der Waals surface area contributed by atoms with Gasteiger partial charge in [0.15, 0.2) is 5.65 Å². The molecule has 3 heterocycles. The van der Waals surface area contributed by atoms with Gasteiger partial charge in [-0.2, -0.15) is 10.2 Å². The third kappa shape index (κ3) is 5.01. The lowest BCUT2D eigenvalue weighted by Crippen LogP contribution is -2.12. The van der Waals surface area contributed by atoms with Crippen molar-refractivity contribution in [2.45, 2.75) is 27.7 Å². The summed E-state index contributed by atoms with van der Waals surface area (Å²) < 4.78 is 1.54. The molecule has 0 saturated heterocycles. The van der Waals surface area contributed by atoms with Crippen LogP contribution in [0.2, 0.25) is 0 Å². The zero-order valence-corrected chi connectivity index (χ0v) is 16.2. The van der Waals surface area contributed by atoms with Gasteiger partial charge in [0.05, 0.1) is 23.8 Å². The molecule has 7 nitrogen and oxygen atoms in total. The highest BCUT2D eigenvalue weighted by Crippen LogP contribution is 2.23. The number of nitrogens with zero attached hydrogens (tertiary/aromatic N) is 4. The fourth-order valence-corrected chi connectivity index (χ4v) is 2.16. The summed E-state index contributed by atoms with van der Waals surface area (Å²) in [5, 5.41) is 13.7. The highest BCUT2D eigenvalue weighted by atomic mass is 16.1. The minimum atomic E-state index is -0.316. The van der Waals surface area contributed by atoms with Crippen molar-refractivity contribution in [3.05, 3.63) is 73.5 Å². The highest BCUT2D eigenvalue weighted by molar-refractivity contribution is 6.09. The Morgan fingerprint density at radius 2 is 1.96 bits per heavy atom. The molecule has 0 saturated carbocycles. The molecule has 3 rings (SSSR count). The summed E-state index contributed by atoms with van der Waals surface area (Å²) in [5.74, 6) is -0.316. The van der Waals surface area contributed by atoms with Gasteiger partial charge in [0.25, 0.3) is 5.91 Å². The van der Waals surface area contributed by atoms with Crippen molar-refractivity contribution in [1.29, 1.82) is 0 Å². The van der Waals surface area contributed by atoms with Crippen LogP contribution in [-0.4, -0.2) is 30.7 Å². The molecule has 0 atom stereocenters. The molecule has 0 aromatic carbocycles. The molecule has 142 valence electrons. The summed E-state index contributed by atoms with van der Waals surface area (Å²) in [6.45, 7) is 15.4. The van der Waals surface area contributed by atoms with E-state index in [0.717, 1.165) is 5.57 Å². The van der Waals surface area contributed by atoms with Crippen molar-refractivity contribution in [3.8, 4) is 0 Å². The average Bonchev–Trinajstić information content (AvgIpc) is 3.36. The lowest BCUT2D eigenvalue weighted by atomic mass is 10.1. The van der Waals surface area contributed by atoms with Crippen LogP contribution >= 0.6 is 0 Å². The van der Waals surface area contributed by atoms with Crippen molar-refractivity contribution in [1.82, 2.24) is 24.8 Å². The summed E-state index contributed by atoms with van der Waals surface area (Å²) >= 11 is 0. The number of rotatable bonds is 5. The molecule has 0 aliphatic heterocycles. The van der Waals surface area contributed by atoms with Crippen LogP contribution in [0.1, 0.15) is 43.7 Å². The van der Waals surface area contributed by atoms with Crippen LogP contribution in [0.25, 0.3) is 11.2 Å². The normalized spacial score (nSPS) is 10.1. The zero-order valence-electron chi connectivity index (χ0n) is 16.2. The van der Waals surface area contributed by atoms with E-state index in [0.29, 0.717) is 22.6 Å². The Balaban J connectivity index is 0.000000855. The van der Waals surface area contributed by atoms with Crippen LogP contribution in [0.15, 0.2) is 62.2 Å². The van der Waals surface area contributed by atoms with E-state index in [1.165, 1.54) is 16.9 Å². The van der Waals surface area contributed by atoms with Gasteiger partial charge < -0.3 is 5.32 Å². The smallest absolute Gasteiger partial charge is 0.261 e. The third-order valence-electron chi connectivity index (χ3n) is 3.22. The number of hydrogen-bond acceptors (Lipinski definition) is 4. The quantitative estimate of drug-likeness (QED) is 0.650. The monoisotopic (exact) mass is 366 g/mol. The van der Waals surface area contributed by atoms with Gasteiger partial charge in [-0.3, -0.25) is 9.89 Å². The van der Waals surface area contributed by atoms with Crippen molar-refractivity contribution < 1.29 is 4.79 Å². The fourth-order valence-electron chi connectivity index (χ4n) is 2.16. The molecule has 27 heavy (non-hydrogen) atoms.